The fourth-order valence-electron chi connectivity index (χ4n) is 3.42. The van der Waals surface area contributed by atoms with E-state index in [1.807, 2.05) is 0 Å². The van der Waals surface area contributed by atoms with Crippen LogP contribution in [0.5, 0.6) is 0 Å². The molecule has 0 atom stereocenters. The molecule has 1 heteroatoms. The van der Waals surface area contributed by atoms with Crippen LogP contribution < -0.4 is 0 Å². The summed E-state index contributed by atoms with van der Waals surface area (Å²) in [6.45, 7) is 0. The van der Waals surface area contributed by atoms with Crippen molar-refractivity contribution in [1.29, 1.82) is 0 Å². The van der Waals surface area contributed by atoms with Crippen LogP contribution in [-0.4, -0.2) is 22.5 Å². The molecule has 0 aromatic carbocycles. The van der Waals surface area contributed by atoms with Gasteiger partial charge in [-0.3, -0.25) is 0 Å². The molecule has 0 heterocycles. The van der Waals surface area contributed by atoms with E-state index in [-0.39, 0.29) is 0 Å². The monoisotopic (exact) mass is 300 g/mol. The van der Waals surface area contributed by atoms with Crippen LogP contribution in [0.25, 0.3) is 0 Å². The maximum atomic E-state index is 1.57. The average molecular weight is 299 g/mol. The van der Waals surface area contributed by atoms with E-state index in [9.17, 15) is 0 Å². The molecule has 0 N–H and O–H groups in total. The molecule has 0 unspecified atom stereocenters. The van der Waals surface area contributed by atoms with Crippen LogP contribution in [0.15, 0.2) is 0 Å². The second-order valence-corrected chi connectivity index (χ2v) is 7.57. The third-order valence-electron chi connectivity index (χ3n) is 4.39. The fraction of sp³-hybridized carbons (Fsp3) is 1.00. The zero-order valence-corrected chi connectivity index (χ0v) is 12.7. The van der Waals surface area contributed by atoms with Crippen molar-refractivity contribution in [3.8, 4) is 0 Å². The van der Waals surface area contributed by atoms with E-state index in [1.165, 1.54) is 65.0 Å². The molecule has 0 amide bonds. The SMILES string of the molecule is [SnH][CH](C1CCCCC1)C1CCCCC1. The molecular weight excluding hydrogens is 275 g/mol. The van der Waals surface area contributed by atoms with Gasteiger partial charge in [0.15, 0.2) is 0 Å². The Morgan fingerprint density at radius 3 is 1.36 bits per heavy atom. The van der Waals surface area contributed by atoms with E-state index in [0.717, 1.165) is 11.8 Å². The quantitative estimate of drug-likeness (QED) is 0.680. The van der Waals surface area contributed by atoms with Crippen molar-refractivity contribution in [2.45, 2.75) is 68.1 Å². The molecule has 2 aliphatic carbocycles. The van der Waals surface area contributed by atoms with Crippen LogP contribution in [0.1, 0.15) is 64.2 Å². The number of hydrogen-bond acceptors (Lipinski definition) is 0. The van der Waals surface area contributed by atoms with E-state index in [4.69, 9.17) is 0 Å². The van der Waals surface area contributed by atoms with Gasteiger partial charge >= 0.3 is 103 Å². The standard InChI is InChI=1S/C13H23.Sn.H/c1-3-7-12(8-4-1)11-13-9-5-2-6-10-13;;/h11-13H,1-10H2;;. The molecule has 0 saturated heterocycles. The fourth-order valence-corrected chi connectivity index (χ4v) is 5.62. The topological polar surface area (TPSA) is 0 Å². The minimum absolute atomic E-state index is 1.15. The summed E-state index contributed by atoms with van der Waals surface area (Å²) < 4.78 is 1.17. The van der Waals surface area contributed by atoms with Gasteiger partial charge in [-0.1, -0.05) is 0 Å². The van der Waals surface area contributed by atoms with Crippen LogP contribution in [0, 0.1) is 11.8 Å². The van der Waals surface area contributed by atoms with Crippen LogP contribution in [-0.2, 0) is 0 Å². The van der Waals surface area contributed by atoms with Crippen molar-refractivity contribution in [3.63, 3.8) is 0 Å². The van der Waals surface area contributed by atoms with Gasteiger partial charge in [0.1, 0.15) is 0 Å². The molecule has 0 bridgehead atoms. The van der Waals surface area contributed by atoms with Crippen molar-refractivity contribution in [2.75, 3.05) is 0 Å². The van der Waals surface area contributed by atoms with Gasteiger partial charge in [-0.15, -0.1) is 0 Å². The maximum absolute atomic E-state index is 1.57. The minimum atomic E-state index is 1.15. The second-order valence-electron chi connectivity index (χ2n) is 5.37. The number of rotatable bonds is 2. The van der Waals surface area contributed by atoms with Crippen molar-refractivity contribution in [1.82, 2.24) is 0 Å². The summed E-state index contributed by atoms with van der Waals surface area (Å²) >= 11 is 1.54. The Bertz CT molecular complexity index is 137. The number of hydrogen-bond donors (Lipinski definition) is 0. The third-order valence-corrected chi connectivity index (χ3v) is 7.50. The molecule has 0 nitrogen and oxygen atoms in total. The van der Waals surface area contributed by atoms with E-state index < -0.39 is 0 Å². The summed E-state index contributed by atoms with van der Waals surface area (Å²) in [5.74, 6) is 2.29. The second kappa shape index (κ2) is 5.77. The Morgan fingerprint density at radius 1 is 0.643 bits per heavy atom. The van der Waals surface area contributed by atoms with Crippen LogP contribution in [0.3, 0.4) is 0 Å². The van der Waals surface area contributed by atoms with Crippen molar-refractivity contribution >= 4 is 22.5 Å². The Hall–Kier alpha value is 0.799. The molecule has 0 aromatic heterocycles. The van der Waals surface area contributed by atoms with Gasteiger partial charge in [-0.2, -0.15) is 0 Å². The summed E-state index contributed by atoms with van der Waals surface area (Å²) in [6.07, 6.45) is 15.5. The first kappa shape index (κ1) is 11.3. The summed E-state index contributed by atoms with van der Waals surface area (Å²) in [5.41, 5.74) is 0. The molecule has 0 aromatic rings. The first-order chi connectivity index (χ1) is 6.88. The van der Waals surface area contributed by atoms with Crippen molar-refractivity contribution in [3.05, 3.63) is 0 Å². The van der Waals surface area contributed by atoms with E-state index in [2.05, 4.69) is 0 Å². The molecule has 2 saturated carbocycles. The Balaban J connectivity index is 1.82. The van der Waals surface area contributed by atoms with Gasteiger partial charge in [0.2, 0.25) is 0 Å². The van der Waals surface area contributed by atoms with Gasteiger partial charge in [-0.25, -0.2) is 0 Å². The molecule has 2 fully saturated rings. The average Bonchev–Trinajstić information content (AvgIpc) is 2.30. The summed E-state index contributed by atoms with van der Waals surface area (Å²) in [7, 11) is 0. The van der Waals surface area contributed by atoms with Crippen LogP contribution in [0.2, 0.25) is 3.93 Å². The van der Waals surface area contributed by atoms with Gasteiger partial charge in [0.25, 0.3) is 0 Å². The Kier molecular flexibility index (Phi) is 4.65. The van der Waals surface area contributed by atoms with Gasteiger partial charge in [-0.05, 0) is 0 Å². The first-order valence-electron chi connectivity index (χ1n) is 6.63. The van der Waals surface area contributed by atoms with Crippen LogP contribution in [0.4, 0.5) is 0 Å². The summed E-state index contributed by atoms with van der Waals surface area (Å²) in [6, 6.07) is 0. The van der Waals surface area contributed by atoms with Crippen molar-refractivity contribution < 1.29 is 0 Å². The predicted molar refractivity (Wildman–Crippen MR) is 64.0 cm³/mol. The predicted octanol–water partition coefficient (Wildman–Crippen LogP) is 3.84. The van der Waals surface area contributed by atoms with E-state index in [1.54, 1.807) is 25.7 Å². The van der Waals surface area contributed by atoms with Gasteiger partial charge < -0.3 is 0 Å². The van der Waals surface area contributed by atoms with E-state index in [0.29, 0.717) is 0 Å². The molecule has 2 aliphatic rings. The Labute approximate surface area is 102 Å². The zero-order chi connectivity index (χ0) is 9.80. The Morgan fingerprint density at radius 2 is 1.00 bits per heavy atom. The molecule has 14 heavy (non-hydrogen) atoms. The zero-order valence-electron chi connectivity index (χ0n) is 9.38. The first-order valence-corrected chi connectivity index (χ1v) is 8.54. The molecule has 2 radical (unpaired) electrons. The van der Waals surface area contributed by atoms with Gasteiger partial charge in [0, 0.05) is 0 Å². The summed E-state index contributed by atoms with van der Waals surface area (Å²) in [5, 5.41) is 0. The van der Waals surface area contributed by atoms with E-state index >= 15 is 0 Å². The normalized spacial score (nSPS) is 27.0. The van der Waals surface area contributed by atoms with Crippen molar-refractivity contribution in [2.24, 2.45) is 11.8 Å². The molecule has 0 aliphatic heterocycles. The molecule has 2 rings (SSSR count). The molecule has 80 valence electrons. The molecular formula is C13H24Sn. The van der Waals surface area contributed by atoms with Crippen LogP contribution >= 0.6 is 0 Å². The summed E-state index contributed by atoms with van der Waals surface area (Å²) in [4.78, 5) is 0. The third kappa shape index (κ3) is 2.90. The molecule has 0 spiro atoms. The van der Waals surface area contributed by atoms with Gasteiger partial charge in [0.05, 0.1) is 0 Å².